The highest BCUT2D eigenvalue weighted by atomic mass is 35.5. The Morgan fingerprint density at radius 2 is 2.10 bits per heavy atom. The van der Waals surface area contributed by atoms with Crippen molar-refractivity contribution in [1.82, 2.24) is 10.2 Å². The van der Waals surface area contributed by atoms with E-state index in [1.807, 2.05) is 13.8 Å². The lowest BCUT2D eigenvalue weighted by Gasteiger charge is -2.08. The molecule has 0 bridgehead atoms. The Kier molecular flexibility index (Phi) is 4.70. The van der Waals surface area contributed by atoms with Gasteiger partial charge in [0.15, 0.2) is 6.61 Å². The summed E-state index contributed by atoms with van der Waals surface area (Å²) >= 11 is 5.74. The molecule has 1 aromatic heterocycles. The zero-order valence-corrected chi connectivity index (χ0v) is 12.2. The summed E-state index contributed by atoms with van der Waals surface area (Å²) in [5, 5.41) is 10.4. The van der Waals surface area contributed by atoms with Gasteiger partial charge in [-0.25, -0.2) is 4.39 Å². The highest BCUT2D eigenvalue weighted by Crippen LogP contribution is 2.19. The quantitative estimate of drug-likeness (QED) is 0.943. The Hall–Kier alpha value is -2.21. The lowest BCUT2D eigenvalue weighted by Crippen LogP contribution is -2.21. The summed E-state index contributed by atoms with van der Waals surface area (Å²) in [6, 6.07) is 5.57. The number of benzene rings is 1. The molecule has 0 radical (unpaired) electrons. The molecule has 0 unspecified atom stereocenters. The van der Waals surface area contributed by atoms with E-state index in [-0.39, 0.29) is 18.2 Å². The van der Waals surface area contributed by atoms with Crippen LogP contribution in [-0.2, 0) is 4.79 Å². The van der Waals surface area contributed by atoms with Crippen LogP contribution in [-0.4, -0.2) is 22.7 Å². The number of carbonyl (C=O) groups is 1. The van der Waals surface area contributed by atoms with Gasteiger partial charge in [-0.2, -0.15) is 5.10 Å². The number of hydrogen-bond donors (Lipinski definition) is 1. The highest BCUT2D eigenvalue weighted by Gasteiger charge is 2.09. The van der Waals surface area contributed by atoms with Gasteiger partial charge >= 0.3 is 0 Å². The third kappa shape index (κ3) is 4.13. The summed E-state index contributed by atoms with van der Waals surface area (Å²) in [5.41, 5.74) is 1.69. The van der Waals surface area contributed by atoms with Gasteiger partial charge in [-0.1, -0.05) is 11.6 Å². The third-order valence-corrected chi connectivity index (χ3v) is 3.00. The number of carbonyl (C=O) groups excluding carboxylic acids is 1. The SMILES string of the molecule is Cc1cc(OCC(=O)Nc2cc(Cl)ccc2F)nnc1C. The molecule has 1 heterocycles. The first-order valence-electron chi connectivity index (χ1n) is 6.14. The van der Waals surface area contributed by atoms with Crippen LogP contribution >= 0.6 is 11.6 Å². The minimum absolute atomic E-state index is 0.00210. The van der Waals surface area contributed by atoms with Crippen molar-refractivity contribution >= 4 is 23.2 Å². The van der Waals surface area contributed by atoms with Crippen LogP contribution in [0.2, 0.25) is 5.02 Å². The van der Waals surface area contributed by atoms with Crippen molar-refractivity contribution in [2.75, 3.05) is 11.9 Å². The minimum Gasteiger partial charge on any atom is -0.466 e. The van der Waals surface area contributed by atoms with Crippen molar-refractivity contribution in [2.45, 2.75) is 13.8 Å². The number of amides is 1. The van der Waals surface area contributed by atoms with Gasteiger partial charge < -0.3 is 10.1 Å². The van der Waals surface area contributed by atoms with E-state index in [9.17, 15) is 9.18 Å². The highest BCUT2D eigenvalue weighted by molar-refractivity contribution is 6.30. The van der Waals surface area contributed by atoms with Crippen molar-refractivity contribution in [2.24, 2.45) is 0 Å². The Bertz CT molecular complexity index is 679. The van der Waals surface area contributed by atoms with Crippen molar-refractivity contribution in [1.29, 1.82) is 0 Å². The Labute approximate surface area is 126 Å². The summed E-state index contributed by atoms with van der Waals surface area (Å²) in [7, 11) is 0. The third-order valence-electron chi connectivity index (χ3n) is 2.76. The van der Waals surface area contributed by atoms with E-state index >= 15 is 0 Å². The maximum atomic E-state index is 13.5. The molecular formula is C14H13ClFN3O2. The summed E-state index contributed by atoms with van der Waals surface area (Å²) < 4.78 is 18.7. The van der Waals surface area contributed by atoms with Crippen molar-refractivity contribution in [3.8, 4) is 5.88 Å². The van der Waals surface area contributed by atoms with Crippen LogP contribution in [0.1, 0.15) is 11.3 Å². The van der Waals surface area contributed by atoms with E-state index in [4.69, 9.17) is 16.3 Å². The number of ether oxygens (including phenoxy) is 1. The predicted octanol–water partition coefficient (Wildman–Crippen LogP) is 2.90. The molecule has 0 aliphatic rings. The van der Waals surface area contributed by atoms with E-state index < -0.39 is 11.7 Å². The summed E-state index contributed by atoms with van der Waals surface area (Å²) in [4.78, 5) is 11.7. The second kappa shape index (κ2) is 6.49. The van der Waals surface area contributed by atoms with Gasteiger partial charge in [-0.3, -0.25) is 4.79 Å². The molecule has 0 aliphatic heterocycles. The topological polar surface area (TPSA) is 64.1 Å². The van der Waals surface area contributed by atoms with Crippen LogP contribution in [0, 0.1) is 19.7 Å². The smallest absolute Gasteiger partial charge is 0.262 e. The second-order valence-electron chi connectivity index (χ2n) is 4.41. The van der Waals surface area contributed by atoms with Crippen LogP contribution in [0.3, 0.4) is 0 Å². The number of aromatic nitrogens is 2. The first kappa shape index (κ1) is 15.2. The largest absolute Gasteiger partial charge is 0.466 e. The number of nitrogens with one attached hydrogen (secondary N) is 1. The zero-order valence-electron chi connectivity index (χ0n) is 11.5. The van der Waals surface area contributed by atoms with Gasteiger partial charge in [-0.15, -0.1) is 5.10 Å². The Balaban J connectivity index is 1.95. The van der Waals surface area contributed by atoms with Crippen molar-refractivity contribution in [3.63, 3.8) is 0 Å². The molecule has 110 valence electrons. The van der Waals surface area contributed by atoms with Gasteiger partial charge in [-0.05, 0) is 37.6 Å². The molecule has 21 heavy (non-hydrogen) atoms. The number of anilines is 1. The van der Waals surface area contributed by atoms with E-state index in [0.29, 0.717) is 5.02 Å². The first-order chi connectivity index (χ1) is 9.95. The fourth-order valence-electron chi connectivity index (χ4n) is 1.51. The standard InChI is InChI=1S/C14H13ClFN3O2/c1-8-5-14(19-18-9(8)2)21-7-13(20)17-12-6-10(15)3-4-11(12)16/h3-6H,7H2,1-2H3,(H,17,20). The lowest BCUT2D eigenvalue weighted by molar-refractivity contribution is -0.118. The van der Waals surface area contributed by atoms with Gasteiger partial charge in [0.1, 0.15) is 5.82 Å². The molecule has 0 fully saturated rings. The summed E-state index contributed by atoms with van der Waals surface area (Å²) in [5.74, 6) is -0.852. The molecule has 5 nitrogen and oxygen atoms in total. The Morgan fingerprint density at radius 1 is 1.33 bits per heavy atom. The molecular weight excluding hydrogens is 297 g/mol. The average molecular weight is 310 g/mol. The molecule has 2 rings (SSSR count). The van der Waals surface area contributed by atoms with E-state index in [1.54, 1.807) is 6.07 Å². The zero-order chi connectivity index (χ0) is 15.4. The fraction of sp³-hybridized carbons (Fsp3) is 0.214. The van der Waals surface area contributed by atoms with Gasteiger partial charge in [0.05, 0.1) is 11.4 Å². The number of aryl methyl sites for hydroxylation is 2. The molecule has 0 saturated carbocycles. The van der Waals surface area contributed by atoms with E-state index in [2.05, 4.69) is 15.5 Å². The average Bonchev–Trinajstić information content (AvgIpc) is 2.44. The second-order valence-corrected chi connectivity index (χ2v) is 4.85. The normalized spacial score (nSPS) is 10.3. The van der Waals surface area contributed by atoms with Crippen LogP contribution in [0.4, 0.5) is 10.1 Å². The number of rotatable bonds is 4. The van der Waals surface area contributed by atoms with Crippen LogP contribution in [0.25, 0.3) is 0 Å². The molecule has 7 heteroatoms. The van der Waals surface area contributed by atoms with Gasteiger partial charge in [0, 0.05) is 11.1 Å². The summed E-state index contributed by atoms with van der Waals surface area (Å²) in [6.07, 6.45) is 0. The fourth-order valence-corrected chi connectivity index (χ4v) is 1.68. The molecule has 0 aliphatic carbocycles. The number of halogens is 2. The van der Waals surface area contributed by atoms with Crippen molar-refractivity contribution in [3.05, 3.63) is 46.4 Å². The number of nitrogens with zero attached hydrogens (tertiary/aromatic N) is 2. The lowest BCUT2D eigenvalue weighted by atomic mass is 10.2. The molecule has 1 amide bonds. The molecule has 1 N–H and O–H groups in total. The van der Waals surface area contributed by atoms with Gasteiger partial charge in [0.25, 0.3) is 5.91 Å². The molecule has 1 aromatic carbocycles. The maximum absolute atomic E-state index is 13.5. The maximum Gasteiger partial charge on any atom is 0.262 e. The van der Waals surface area contributed by atoms with Gasteiger partial charge in [0.2, 0.25) is 5.88 Å². The molecule has 0 saturated heterocycles. The van der Waals surface area contributed by atoms with E-state index in [0.717, 1.165) is 11.3 Å². The minimum atomic E-state index is -0.571. The Morgan fingerprint density at radius 3 is 2.81 bits per heavy atom. The predicted molar refractivity (Wildman–Crippen MR) is 77.0 cm³/mol. The molecule has 2 aromatic rings. The first-order valence-corrected chi connectivity index (χ1v) is 6.52. The summed E-state index contributed by atoms with van der Waals surface area (Å²) in [6.45, 7) is 3.38. The van der Waals surface area contributed by atoms with Crippen LogP contribution in [0.5, 0.6) is 5.88 Å². The van der Waals surface area contributed by atoms with Crippen molar-refractivity contribution < 1.29 is 13.9 Å². The van der Waals surface area contributed by atoms with Crippen LogP contribution < -0.4 is 10.1 Å². The number of hydrogen-bond acceptors (Lipinski definition) is 4. The van der Waals surface area contributed by atoms with Crippen LogP contribution in [0.15, 0.2) is 24.3 Å². The van der Waals surface area contributed by atoms with E-state index in [1.165, 1.54) is 18.2 Å². The molecule has 0 spiro atoms. The molecule has 0 atom stereocenters. The monoisotopic (exact) mass is 309 g/mol.